The maximum Gasteiger partial charge on any atom is 0.335 e. The molecule has 1 atom stereocenters. The second-order valence-electron chi connectivity index (χ2n) is 9.41. The molecule has 38 heavy (non-hydrogen) atoms. The number of rotatable bonds is 5. The van der Waals surface area contributed by atoms with Crippen LogP contribution in [0.5, 0.6) is 5.75 Å². The number of ether oxygens (including phenoxy) is 1. The van der Waals surface area contributed by atoms with Gasteiger partial charge in [0.05, 0.1) is 34.7 Å². The molecule has 1 aliphatic heterocycles. The van der Waals surface area contributed by atoms with Gasteiger partial charge in [-0.1, -0.05) is 0 Å². The molecule has 3 aromatic heterocycles. The van der Waals surface area contributed by atoms with E-state index in [1.807, 2.05) is 0 Å². The van der Waals surface area contributed by atoms with Crippen LogP contribution in [-0.4, -0.2) is 52.5 Å². The lowest BCUT2D eigenvalue weighted by Gasteiger charge is -2.33. The fourth-order valence-electron chi connectivity index (χ4n) is 4.17. The van der Waals surface area contributed by atoms with Crippen LogP contribution in [0.25, 0.3) is 16.9 Å². The Labute approximate surface area is 214 Å². The highest BCUT2D eigenvalue weighted by molar-refractivity contribution is 6.01. The number of aliphatic hydroxyl groups is 1. The number of carbonyl (C=O) groups excluding carboxylic acids is 1. The van der Waals surface area contributed by atoms with Gasteiger partial charge in [0.25, 0.3) is 5.91 Å². The zero-order valence-corrected chi connectivity index (χ0v) is 20.7. The molecule has 196 valence electrons. The van der Waals surface area contributed by atoms with Crippen molar-refractivity contribution >= 4 is 23.3 Å². The average molecular weight is 524 g/mol. The molecule has 0 radical (unpaired) electrons. The number of nitrogens with zero attached hydrogens (tertiary/aromatic N) is 6. The number of fused-ring (bicyclic) bond motifs is 2. The van der Waals surface area contributed by atoms with Crippen molar-refractivity contribution in [1.29, 1.82) is 0 Å². The van der Waals surface area contributed by atoms with Gasteiger partial charge in [0.1, 0.15) is 5.60 Å². The van der Waals surface area contributed by atoms with Gasteiger partial charge >= 0.3 is 5.97 Å². The summed E-state index contributed by atoms with van der Waals surface area (Å²) in [6, 6.07) is 1.99. The molecule has 0 saturated heterocycles. The summed E-state index contributed by atoms with van der Waals surface area (Å²) in [4.78, 5) is 42.3. The molecule has 0 spiro atoms. The number of aryl methyl sites for hydroxylation is 1. The van der Waals surface area contributed by atoms with Gasteiger partial charge in [0.15, 0.2) is 23.5 Å². The highest BCUT2D eigenvalue weighted by Gasteiger charge is 2.35. The van der Waals surface area contributed by atoms with E-state index in [2.05, 4.69) is 19.9 Å². The zero-order chi connectivity index (χ0) is 27.5. The number of anilines is 1. The molecule has 1 aliphatic rings. The van der Waals surface area contributed by atoms with Crippen LogP contribution in [0.15, 0.2) is 30.7 Å². The standard InChI is InChI=1S/C25H22F2N6O5/c1-11-18(10-32-17-6-13(22(35)36)5-16(26)19(17)38-12(2)21(32)34)33-9-15(20(27)31-24(33)30-11)14-7-28-23(29-8-14)25(3,4)37/h5-9,12,37H,10H2,1-4H3,(H,35,36)/t12-/m1/s1. The van der Waals surface area contributed by atoms with E-state index in [0.717, 1.165) is 12.1 Å². The van der Waals surface area contributed by atoms with Crippen molar-refractivity contribution < 1.29 is 33.3 Å². The van der Waals surface area contributed by atoms with Crippen LogP contribution in [0.4, 0.5) is 14.5 Å². The highest BCUT2D eigenvalue weighted by Crippen LogP contribution is 2.39. The van der Waals surface area contributed by atoms with Crippen molar-refractivity contribution in [3.63, 3.8) is 0 Å². The first-order valence-corrected chi connectivity index (χ1v) is 11.5. The Balaban J connectivity index is 1.61. The molecule has 5 rings (SSSR count). The molecule has 4 heterocycles. The summed E-state index contributed by atoms with van der Waals surface area (Å²) in [6.45, 7) is 5.99. The lowest BCUT2D eigenvalue weighted by atomic mass is 10.1. The summed E-state index contributed by atoms with van der Waals surface area (Å²) in [5.74, 6) is -3.72. The third-order valence-corrected chi connectivity index (χ3v) is 6.16. The Morgan fingerprint density at radius 3 is 2.50 bits per heavy atom. The maximum absolute atomic E-state index is 15.0. The molecule has 0 bridgehead atoms. The molecule has 0 fully saturated rings. The first kappa shape index (κ1) is 25.1. The van der Waals surface area contributed by atoms with E-state index in [4.69, 9.17) is 4.74 Å². The number of hydrogen-bond acceptors (Lipinski definition) is 8. The first-order chi connectivity index (χ1) is 17.8. The Morgan fingerprint density at radius 2 is 1.87 bits per heavy atom. The van der Waals surface area contributed by atoms with Crippen LogP contribution in [0.3, 0.4) is 0 Å². The van der Waals surface area contributed by atoms with Crippen LogP contribution >= 0.6 is 0 Å². The minimum atomic E-state index is -1.37. The first-order valence-electron chi connectivity index (χ1n) is 11.5. The molecule has 1 amide bonds. The van der Waals surface area contributed by atoms with Crippen LogP contribution in [-0.2, 0) is 16.9 Å². The van der Waals surface area contributed by atoms with Gasteiger partial charge < -0.3 is 14.9 Å². The fraction of sp³-hybridized carbons (Fsp3) is 0.280. The topological polar surface area (TPSA) is 143 Å². The van der Waals surface area contributed by atoms with E-state index in [1.54, 1.807) is 6.92 Å². The SMILES string of the molecule is Cc1nc2nc(F)c(-c3cnc(C(C)(C)O)nc3)cn2c1CN1C(=O)[C@@H](C)Oc2c(F)cc(C(=O)O)cc21. The molecular formula is C25H22F2N6O5. The summed E-state index contributed by atoms with van der Waals surface area (Å²) in [5, 5.41) is 19.5. The zero-order valence-electron chi connectivity index (χ0n) is 20.7. The van der Waals surface area contributed by atoms with Gasteiger partial charge in [-0.3, -0.25) is 14.1 Å². The van der Waals surface area contributed by atoms with Gasteiger partial charge in [-0.25, -0.2) is 24.1 Å². The van der Waals surface area contributed by atoms with Crippen molar-refractivity contribution in [2.24, 2.45) is 0 Å². The van der Waals surface area contributed by atoms with Gasteiger partial charge in [0, 0.05) is 24.2 Å². The molecule has 2 N–H and O–H groups in total. The van der Waals surface area contributed by atoms with E-state index in [9.17, 15) is 28.6 Å². The van der Waals surface area contributed by atoms with Crippen LogP contribution in [0, 0.1) is 18.7 Å². The summed E-state index contributed by atoms with van der Waals surface area (Å²) >= 11 is 0. The Hall–Kier alpha value is -4.52. The van der Waals surface area contributed by atoms with Gasteiger partial charge in [0.2, 0.25) is 11.7 Å². The van der Waals surface area contributed by atoms with E-state index in [1.165, 1.54) is 48.7 Å². The second-order valence-corrected chi connectivity index (χ2v) is 9.41. The lowest BCUT2D eigenvalue weighted by Crippen LogP contribution is -2.44. The Bertz CT molecular complexity index is 1610. The van der Waals surface area contributed by atoms with E-state index in [0.29, 0.717) is 11.4 Å². The second kappa shape index (κ2) is 8.80. The molecular weight excluding hydrogens is 502 g/mol. The lowest BCUT2D eigenvalue weighted by molar-refractivity contribution is -0.125. The number of carbonyl (C=O) groups is 2. The number of benzene rings is 1. The van der Waals surface area contributed by atoms with E-state index >= 15 is 0 Å². The number of imidazole rings is 1. The Morgan fingerprint density at radius 1 is 1.18 bits per heavy atom. The predicted octanol–water partition coefficient (Wildman–Crippen LogP) is 3.01. The average Bonchev–Trinajstić information content (AvgIpc) is 3.14. The van der Waals surface area contributed by atoms with Gasteiger partial charge in [-0.2, -0.15) is 9.37 Å². The van der Waals surface area contributed by atoms with Crippen molar-refractivity contribution in [1.82, 2.24) is 24.3 Å². The van der Waals surface area contributed by atoms with Crippen LogP contribution < -0.4 is 9.64 Å². The number of hydrogen-bond donors (Lipinski definition) is 2. The van der Waals surface area contributed by atoms with Crippen molar-refractivity contribution in [2.45, 2.75) is 45.9 Å². The molecule has 11 nitrogen and oxygen atoms in total. The maximum atomic E-state index is 15.0. The molecule has 0 saturated carbocycles. The number of amides is 1. The predicted molar refractivity (Wildman–Crippen MR) is 129 cm³/mol. The minimum absolute atomic E-state index is 0.0206. The number of carboxylic acids is 1. The molecule has 0 unspecified atom stereocenters. The number of aromatic carboxylic acids is 1. The van der Waals surface area contributed by atoms with Gasteiger partial charge in [-0.15, -0.1) is 0 Å². The summed E-state index contributed by atoms with van der Waals surface area (Å²) in [5.41, 5.74) is -0.510. The van der Waals surface area contributed by atoms with Crippen molar-refractivity contribution in [2.75, 3.05) is 4.90 Å². The third-order valence-electron chi connectivity index (χ3n) is 6.16. The summed E-state index contributed by atoms with van der Waals surface area (Å²) in [6.07, 6.45) is 3.11. The summed E-state index contributed by atoms with van der Waals surface area (Å²) in [7, 11) is 0. The normalized spacial score (nSPS) is 15.5. The molecule has 1 aromatic carbocycles. The summed E-state index contributed by atoms with van der Waals surface area (Å²) < 4.78 is 36.6. The van der Waals surface area contributed by atoms with Crippen molar-refractivity contribution in [3.8, 4) is 16.9 Å². The highest BCUT2D eigenvalue weighted by atomic mass is 19.1. The number of halogens is 2. The number of aromatic nitrogens is 5. The monoisotopic (exact) mass is 524 g/mol. The smallest absolute Gasteiger partial charge is 0.335 e. The molecule has 4 aromatic rings. The van der Waals surface area contributed by atoms with Crippen LogP contribution in [0.1, 0.15) is 48.3 Å². The quantitative estimate of drug-likeness (QED) is 0.377. The van der Waals surface area contributed by atoms with E-state index < -0.39 is 35.3 Å². The van der Waals surface area contributed by atoms with Gasteiger partial charge in [-0.05, 0) is 39.8 Å². The van der Waals surface area contributed by atoms with Crippen molar-refractivity contribution in [3.05, 3.63) is 65.3 Å². The van der Waals surface area contributed by atoms with Crippen LogP contribution in [0.2, 0.25) is 0 Å². The molecule has 0 aliphatic carbocycles. The van der Waals surface area contributed by atoms with E-state index in [-0.39, 0.29) is 46.3 Å². The molecule has 13 heteroatoms. The minimum Gasteiger partial charge on any atom is -0.478 e. The fourth-order valence-corrected chi connectivity index (χ4v) is 4.17. The number of carboxylic acid groups (broad SMARTS) is 1. The largest absolute Gasteiger partial charge is 0.478 e. The third kappa shape index (κ3) is 4.20. The Kier molecular flexibility index (Phi) is 5.82.